The van der Waals surface area contributed by atoms with E-state index >= 15 is 0 Å². The van der Waals surface area contributed by atoms with Crippen LogP contribution in [0.15, 0.2) is 42.6 Å². The van der Waals surface area contributed by atoms with E-state index < -0.39 is 12.1 Å². The lowest BCUT2D eigenvalue weighted by molar-refractivity contribution is -0.192. The van der Waals surface area contributed by atoms with Crippen molar-refractivity contribution in [2.24, 2.45) is 0 Å². The van der Waals surface area contributed by atoms with Gasteiger partial charge in [-0.1, -0.05) is 24.3 Å². The van der Waals surface area contributed by atoms with Gasteiger partial charge in [0.25, 0.3) is 5.91 Å². The van der Waals surface area contributed by atoms with Crippen LogP contribution >= 0.6 is 11.3 Å². The number of carbonyl (C=O) groups excluding carboxylic acids is 1. The minimum Gasteiger partial charge on any atom is -0.475 e. The van der Waals surface area contributed by atoms with Gasteiger partial charge in [-0.15, -0.1) is 11.3 Å². The highest BCUT2D eigenvalue weighted by Crippen LogP contribution is 2.26. The molecule has 2 aliphatic heterocycles. The Morgan fingerprint density at radius 2 is 1.58 bits per heavy atom. The number of halogens is 3. The van der Waals surface area contributed by atoms with Gasteiger partial charge in [-0.05, 0) is 54.8 Å². The van der Waals surface area contributed by atoms with Gasteiger partial charge < -0.3 is 21.1 Å². The number of hydrogen-bond acceptors (Lipinski definition) is 6. The van der Waals surface area contributed by atoms with Crippen LogP contribution in [0.4, 0.5) is 18.9 Å². The molecule has 33 heavy (non-hydrogen) atoms. The van der Waals surface area contributed by atoms with Gasteiger partial charge >= 0.3 is 12.1 Å². The molecule has 3 heterocycles. The first kappa shape index (κ1) is 24.6. The fourth-order valence-electron chi connectivity index (χ4n) is 3.19. The Kier molecular flexibility index (Phi) is 8.37. The fraction of sp³-hybridized carbons (Fsp3) is 0.318. The van der Waals surface area contributed by atoms with Gasteiger partial charge in [0.2, 0.25) is 0 Å². The highest BCUT2D eigenvalue weighted by atomic mass is 32.1. The number of hydrogen-bond donors (Lipinski definition) is 4. The predicted octanol–water partition coefficient (Wildman–Crippen LogP) is 3.78. The van der Waals surface area contributed by atoms with E-state index in [9.17, 15) is 18.0 Å². The van der Waals surface area contributed by atoms with Crippen LogP contribution in [0.5, 0.6) is 0 Å². The minimum atomic E-state index is -5.08. The Hall–Kier alpha value is -3.02. The first-order valence-electron chi connectivity index (χ1n) is 10.2. The first-order valence-corrected chi connectivity index (χ1v) is 11.0. The van der Waals surface area contributed by atoms with E-state index in [4.69, 9.17) is 9.90 Å². The molecule has 2 aromatic rings. The monoisotopic (exact) mass is 480 g/mol. The summed E-state index contributed by atoms with van der Waals surface area (Å²) in [4.78, 5) is 26.5. The summed E-state index contributed by atoms with van der Waals surface area (Å²) in [6, 6.07) is 8.08. The molecule has 0 radical (unpaired) electrons. The summed E-state index contributed by atoms with van der Waals surface area (Å²) >= 11 is 1.46. The largest absolute Gasteiger partial charge is 0.490 e. The van der Waals surface area contributed by atoms with Crippen molar-refractivity contribution in [3.05, 3.63) is 58.1 Å². The minimum absolute atomic E-state index is 0.0999. The molecule has 4 rings (SSSR count). The summed E-state index contributed by atoms with van der Waals surface area (Å²) in [6.07, 6.45) is 2.97. The number of thiazole rings is 1. The van der Waals surface area contributed by atoms with Gasteiger partial charge in [0, 0.05) is 18.8 Å². The second kappa shape index (κ2) is 11.2. The number of anilines is 1. The average Bonchev–Trinajstić information content (AvgIpc) is 3.31. The molecule has 11 heteroatoms. The molecule has 1 aromatic carbocycles. The third kappa shape index (κ3) is 7.24. The van der Waals surface area contributed by atoms with Crippen molar-refractivity contribution in [1.82, 2.24) is 15.6 Å². The molecule has 0 bridgehead atoms. The summed E-state index contributed by atoms with van der Waals surface area (Å²) in [5, 5.41) is 17.7. The van der Waals surface area contributed by atoms with Crippen molar-refractivity contribution in [2.45, 2.75) is 19.0 Å². The SMILES string of the molecule is O=C(Nc1ccc(C2=CCNCC2)cc1)c1cnc(C2=CCNCC2)s1.O=C(O)C(F)(F)F. The molecule has 0 aliphatic carbocycles. The summed E-state index contributed by atoms with van der Waals surface area (Å²) in [7, 11) is 0. The van der Waals surface area contributed by atoms with E-state index in [2.05, 4.69) is 45.2 Å². The maximum absolute atomic E-state index is 12.5. The summed E-state index contributed by atoms with van der Waals surface area (Å²) in [6.45, 7) is 3.78. The van der Waals surface area contributed by atoms with Crippen LogP contribution in [0.25, 0.3) is 11.1 Å². The maximum atomic E-state index is 12.5. The second-order valence-corrected chi connectivity index (χ2v) is 8.26. The first-order chi connectivity index (χ1) is 15.7. The number of nitrogens with one attached hydrogen (secondary N) is 3. The molecule has 2 aliphatic rings. The number of benzene rings is 1. The van der Waals surface area contributed by atoms with Gasteiger partial charge in [-0.3, -0.25) is 4.79 Å². The molecular weight excluding hydrogens is 457 g/mol. The number of aromatic nitrogens is 1. The molecule has 1 aromatic heterocycles. The third-order valence-electron chi connectivity index (χ3n) is 4.89. The normalized spacial score (nSPS) is 16.1. The Labute approximate surface area is 192 Å². The maximum Gasteiger partial charge on any atom is 0.490 e. The van der Waals surface area contributed by atoms with Crippen LogP contribution in [0.1, 0.15) is 33.1 Å². The number of carboxylic acid groups (broad SMARTS) is 1. The number of carbonyl (C=O) groups is 2. The molecule has 4 N–H and O–H groups in total. The second-order valence-electron chi connectivity index (χ2n) is 7.23. The highest BCUT2D eigenvalue weighted by molar-refractivity contribution is 7.14. The number of alkyl halides is 3. The lowest BCUT2D eigenvalue weighted by Gasteiger charge is -2.14. The van der Waals surface area contributed by atoms with Gasteiger partial charge in [0.05, 0.1) is 6.20 Å². The van der Waals surface area contributed by atoms with Crippen LogP contribution in [-0.4, -0.2) is 54.3 Å². The van der Waals surface area contributed by atoms with Crippen molar-refractivity contribution >= 4 is 40.0 Å². The number of carboxylic acids is 1. The number of aliphatic carboxylic acids is 1. The molecule has 0 saturated carbocycles. The lowest BCUT2D eigenvalue weighted by Crippen LogP contribution is -2.21. The molecule has 1 amide bonds. The summed E-state index contributed by atoms with van der Waals surface area (Å²) in [5.41, 5.74) is 4.63. The molecule has 176 valence electrons. The summed E-state index contributed by atoms with van der Waals surface area (Å²) in [5.74, 6) is -2.86. The van der Waals surface area contributed by atoms with Crippen LogP contribution in [0.3, 0.4) is 0 Å². The topological polar surface area (TPSA) is 103 Å². The Morgan fingerprint density at radius 1 is 1.00 bits per heavy atom. The van der Waals surface area contributed by atoms with Crippen LogP contribution in [-0.2, 0) is 4.79 Å². The zero-order valence-corrected chi connectivity index (χ0v) is 18.4. The van der Waals surface area contributed by atoms with Crippen LogP contribution in [0, 0.1) is 0 Å². The Morgan fingerprint density at radius 3 is 2.09 bits per heavy atom. The van der Waals surface area contributed by atoms with Crippen molar-refractivity contribution in [3.8, 4) is 0 Å². The van der Waals surface area contributed by atoms with Crippen molar-refractivity contribution in [1.29, 1.82) is 0 Å². The van der Waals surface area contributed by atoms with Gasteiger partial charge in [0.1, 0.15) is 9.88 Å². The van der Waals surface area contributed by atoms with E-state index in [1.54, 1.807) is 6.20 Å². The van der Waals surface area contributed by atoms with E-state index in [-0.39, 0.29) is 5.91 Å². The zero-order valence-electron chi connectivity index (χ0n) is 17.5. The molecule has 0 unspecified atom stereocenters. The molecule has 7 nitrogen and oxygen atoms in total. The van der Waals surface area contributed by atoms with Gasteiger partial charge in [-0.2, -0.15) is 13.2 Å². The van der Waals surface area contributed by atoms with Crippen LogP contribution < -0.4 is 16.0 Å². The standard InChI is InChI=1S/C20H22N4OS.C2HF3O2/c25-19(18-13-23-20(26-18)16-7-11-22-12-8-16)24-17-3-1-14(2-4-17)15-5-9-21-10-6-15;3-2(4,5)1(6)7/h1-5,7,13,21-22H,6,8-12H2,(H,24,25);(H,6,7). The third-order valence-corrected chi connectivity index (χ3v) is 5.96. The molecule has 0 saturated heterocycles. The predicted molar refractivity (Wildman–Crippen MR) is 121 cm³/mol. The number of nitrogens with zero attached hydrogens (tertiary/aromatic N) is 1. The van der Waals surface area contributed by atoms with Crippen molar-refractivity contribution in [2.75, 3.05) is 31.5 Å². The van der Waals surface area contributed by atoms with E-state index in [0.717, 1.165) is 49.7 Å². The van der Waals surface area contributed by atoms with Gasteiger partial charge in [0.15, 0.2) is 0 Å². The van der Waals surface area contributed by atoms with Crippen molar-refractivity contribution < 1.29 is 27.9 Å². The highest BCUT2D eigenvalue weighted by Gasteiger charge is 2.38. The van der Waals surface area contributed by atoms with E-state index in [1.165, 1.54) is 28.0 Å². The summed E-state index contributed by atoms with van der Waals surface area (Å²) < 4.78 is 31.7. The van der Waals surface area contributed by atoms with E-state index in [0.29, 0.717) is 4.88 Å². The quantitative estimate of drug-likeness (QED) is 0.531. The van der Waals surface area contributed by atoms with Crippen molar-refractivity contribution in [3.63, 3.8) is 0 Å². The molecular formula is C22H23F3N4O3S. The number of amides is 1. The smallest absolute Gasteiger partial charge is 0.475 e. The zero-order chi connectivity index (χ0) is 23.8. The Balaban J connectivity index is 0.000000383. The Bertz CT molecular complexity index is 1050. The average molecular weight is 481 g/mol. The molecule has 0 fully saturated rings. The van der Waals surface area contributed by atoms with Gasteiger partial charge in [-0.25, -0.2) is 9.78 Å². The lowest BCUT2D eigenvalue weighted by atomic mass is 10.0. The fourth-order valence-corrected chi connectivity index (χ4v) is 4.07. The number of rotatable bonds is 4. The molecule has 0 atom stereocenters. The van der Waals surface area contributed by atoms with E-state index in [1.807, 2.05) is 12.1 Å². The van der Waals surface area contributed by atoms with Crippen LogP contribution in [0.2, 0.25) is 0 Å². The molecule has 0 spiro atoms.